The van der Waals surface area contributed by atoms with Gasteiger partial charge in [-0.25, -0.2) is 4.79 Å². The van der Waals surface area contributed by atoms with Crippen LogP contribution < -0.4 is 4.74 Å². The van der Waals surface area contributed by atoms with Crippen molar-refractivity contribution in [2.75, 3.05) is 13.2 Å². The molecule has 3 rings (SSSR count). The van der Waals surface area contributed by atoms with Crippen molar-refractivity contribution < 1.29 is 19.4 Å². The maximum absolute atomic E-state index is 11.2. The summed E-state index contributed by atoms with van der Waals surface area (Å²) in [6.45, 7) is 5.56. The Labute approximate surface area is 199 Å². The number of nitrogens with zero attached hydrogens (tertiary/aromatic N) is 1. The van der Waals surface area contributed by atoms with Crippen molar-refractivity contribution in [1.82, 2.24) is 4.57 Å². The van der Waals surface area contributed by atoms with Crippen LogP contribution in [-0.4, -0.2) is 64.5 Å². The second kappa shape index (κ2) is 12.0. The van der Waals surface area contributed by atoms with Gasteiger partial charge in [-0.1, -0.05) is 42.5 Å². The van der Waals surface area contributed by atoms with Gasteiger partial charge in [-0.2, -0.15) is 0 Å². The number of hydrogen-bond acceptors (Lipinski definition) is 3. The number of carboxylic acids is 1. The van der Waals surface area contributed by atoms with Crippen LogP contribution in [0.4, 0.5) is 0 Å². The van der Waals surface area contributed by atoms with E-state index in [2.05, 4.69) is 35.8 Å². The average Bonchev–Trinajstić information content (AvgIpc) is 3.10. The van der Waals surface area contributed by atoms with Gasteiger partial charge in [0.25, 0.3) is 0 Å². The first-order valence-corrected chi connectivity index (χ1v) is 9.86. The molecule has 0 aliphatic carbocycles. The van der Waals surface area contributed by atoms with E-state index in [0.29, 0.717) is 19.6 Å². The van der Waals surface area contributed by atoms with Crippen molar-refractivity contribution in [1.29, 1.82) is 0 Å². The summed E-state index contributed by atoms with van der Waals surface area (Å²) >= 11 is 0. The number of carbonyl (C=O) groups is 1. The normalized spacial score (nSPS) is 11.5. The van der Waals surface area contributed by atoms with E-state index >= 15 is 0 Å². The molecule has 5 nitrogen and oxygen atoms in total. The molecule has 1 heterocycles. The van der Waals surface area contributed by atoms with Crippen LogP contribution in [0.3, 0.4) is 0 Å². The van der Waals surface area contributed by atoms with E-state index in [4.69, 9.17) is 9.47 Å². The monoisotopic (exact) mass is 417 g/mol. The maximum atomic E-state index is 11.2. The summed E-state index contributed by atoms with van der Waals surface area (Å²) in [5.41, 5.74) is 4.47. The van der Waals surface area contributed by atoms with Gasteiger partial charge in [-0.05, 0) is 49.2 Å². The molecule has 0 fully saturated rings. The molecule has 0 aliphatic rings. The molecule has 0 saturated heterocycles. The fourth-order valence-electron chi connectivity index (χ4n) is 3.34. The van der Waals surface area contributed by atoms with Crippen LogP contribution in [-0.2, 0) is 22.5 Å². The Hall–Kier alpha value is -2.05. The van der Waals surface area contributed by atoms with E-state index in [-0.39, 0.29) is 29.6 Å². The third-order valence-corrected chi connectivity index (χ3v) is 4.84. The van der Waals surface area contributed by atoms with Gasteiger partial charge < -0.3 is 19.1 Å². The summed E-state index contributed by atoms with van der Waals surface area (Å²) < 4.78 is 13.4. The van der Waals surface area contributed by atoms with Gasteiger partial charge in [-0.3, -0.25) is 0 Å². The number of benzene rings is 2. The molecule has 0 spiro atoms. The minimum atomic E-state index is -0.941. The molecule has 1 atom stereocenters. The van der Waals surface area contributed by atoms with Gasteiger partial charge in [0.1, 0.15) is 12.4 Å². The van der Waals surface area contributed by atoms with Crippen molar-refractivity contribution in [3.8, 4) is 17.0 Å². The van der Waals surface area contributed by atoms with Crippen molar-refractivity contribution >= 4 is 35.5 Å². The summed E-state index contributed by atoms with van der Waals surface area (Å²) in [6, 6.07) is 22.1. The Morgan fingerprint density at radius 3 is 2.37 bits per heavy atom. The van der Waals surface area contributed by atoms with E-state index in [9.17, 15) is 9.90 Å². The second-order valence-electron chi connectivity index (χ2n) is 6.86. The molecule has 0 aliphatic heterocycles. The molecular weight excluding hydrogens is 389 g/mol. The quantitative estimate of drug-likeness (QED) is 0.508. The fourth-order valence-corrected chi connectivity index (χ4v) is 3.34. The van der Waals surface area contributed by atoms with Crippen LogP contribution in [0.5, 0.6) is 5.75 Å². The van der Waals surface area contributed by atoms with Gasteiger partial charge in [0.05, 0.1) is 6.54 Å². The Balaban J connectivity index is 0.00000320. The van der Waals surface area contributed by atoms with E-state index in [1.54, 1.807) is 6.92 Å². The molecule has 6 heteroatoms. The molecule has 0 unspecified atom stereocenters. The third-order valence-electron chi connectivity index (χ3n) is 4.84. The first-order valence-electron chi connectivity index (χ1n) is 9.86. The standard InChI is InChI=1S/C24H27NO4.Na.H/c1-3-28-23(24(26)27)17-19-10-12-21(13-11-19)29-16-15-25-18(2)9-14-22(25)20-7-5-4-6-8-20;;/h4-14,23H,3,15-17H2,1-2H3,(H,26,27);;/t23-;;/m0../s1. The van der Waals surface area contributed by atoms with Crippen LogP contribution in [0, 0.1) is 6.92 Å². The topological polar surface area (TPSA) is 60.7 Å². The number of aromatic nitrogens is 1. The van der Waals surface area contributed by atoms with Crippen molar-refractivity contribution in [3.05, 3.63) is 78.0 Å². The molecule has 154 valence electrons. The van der Waals surface area contributed by atoms with Crippen LogP contribution in [0.15, 0.2) is 66.7 Å². The molecule has 0 amide bonds. The molecule has 1 aromatic heterocycles. The Morgan fingerprint density at radius 2 is 1.73 bits per heavy atom. The fraction of sp³-hybridized carbons (Fsp3) is 0.292. The number of carboxylic acid groups (broad SMARTS) is 1. The molecule has 2 aromatic carbocycles. The predicted octanol–water partition coefficient (Wildman–Crippen LogP) is 3.93. The predicted molar refractivity (Wildman–Crippen MR) is 120 cm³/mol. The SMILES string of the molecule is CCO[C@@H](Cc1ccc(OCCn2c(C)ccc2-c2ccccc2)cc1)C(=O)O.[NaH]. The van der Waals surface area contributed by atoms with Crippen LogP contribution in [0.1, 0.15) is 18.2 Å². The minimum absolute atomic E-state index is 0. The Kier molecular flexibility index (Phi) is 9.66. The van der Waals surface area contributed by atoms with Gasteiger partial charge in [0.15, 0.2) is 6.10 Å². The van der Waals surface area contributed by atoms with Crippen LogP contribution >= 0.6 is 0 Å². The molecule has 3 aromatic rings. The number of aryl methyl sites for hydroxylation is 1. The number of aliphatic carboxylic acids is 1. The van der Waals surface area contributed by atoms with Gasteiger partial charge >= 0.3 is 35.5 Å². The summed E-state index contributed by atoms with van der Waals surface area (Å²) in [4.78, 5) is 11.2. The van der Waals surface area contributed by atoms with E-state index in [1.165, 1.54) is 17.0 Å². The van der Waals surface area contributed by atoms with Crippen LogP contribution in [0.2, 0.25) is 0 Å². The summed E-state index contributed by atoms with van der Waals surface area (Å²) in [5, 5.41) is 9.20. The van der Waals surface area contributed by atoms with Crippen molar-refractivity contribution in [2.24, 2.45) is 0 Å². The molecular formula is C24H28NNaO4. The first-order chi connectivity index (χ1) is 14.1. The average molecular weight is 417 g/mol. The molecule has 30 heavy (non-hydrogen) atoms. The first kappa shape index (κ1) is 24.2. The second-order valence-corrected chi connectivity index (χ2v) is 6.86. The number of rotatable bonds is 10. The van der Waals surface area contributed by atoms with E-state index < -0.39 is 12.1 Å². The number of ether oxygens (including phenoxy) is 2. The van der Waals surface area contributed by atoms with E-state index in [1.807, 2.05) is 42.5 Å². The zero-order valence-electron chi connectivity index (χ0n) is 16.9. The Bertz CT molecular complexity index is 922. The third kappa shape index (κ3) is 6.47. The molecule has 0 radical (unpaired) electrons. The summed E-state index contributed by atoms with van der Waals surface area (Å²) in [6.07, 6.45) is -0.480. The van der Waals surface area contributed by atoms with Crippen LogP contribution in [0.25, 0.3) is 11.3 Å². The Morgan fingerprint density at radius 1 is 1.03 bits per heavy atom. The molecule has 0 bridgehead atoms. The number of hydrogen-bond donors (Lipinski definition) is 1. The zero-order chi connectivity index (χ0) is 20.6. The summed E-state index contributed by atoms with van der Waals surface area (Å²) in [7, 11) is 0. The van der Waals surface area contributed by atoms with Gasteiger partial charge in [0, 0.05) is 24.4 Å². The van der Waals surface area contributed by atoms with Crippen molar-refractivity contribution in [2.45, 2.75) is 32.9 Å². The molecule has 0 saturated carbocycles. The van der Waals surface area contributed by atoms with E-state index in [0.717, 1.165) is 17.9 Å². The molecule has 1 N–H and O–H groups in total. The van der Waals surface area contributed by atoms with Gasteiger partial charge in [-0.15, -0.1) is 0 Å². The van der Waals surface area contributed by atoms with Gasteiger partial charge in [0.2, 0.25) is 0 Å². The summed E-state index contributed by atoms with van der Waals surface area (Å²) in [5.74, 6) is -0.174. The van der Waals surface area contributed by atoms with Crippen molar-refractivity contribution in [3.63, 3.8) is 0 Å². The zero-order valence-corrected chi connectivity index (χ0v) is 16.9.